The van der Waals surface area contributed by atoms with Crippen molar-refractivity contribution in [3.63, 3.8) is 0 Å². The quantitative estimate of drug-likeness (QED) is 0.875. The maximum absolute atomic E-state index is 12.5. The third-order valence-electron chi connectivity index (χ3n) is 5.84. The van der Waals surface area contributed by atoms with Crippen LogP contribution in [0.4, 0.5) is 0 Å². The molecule has 2 aromatic rings. The normalized spacial score (nSPS) is 19.3. The molecule has 2 aromatic heterocycles. The average molecular weight is 375 g/mol. The van der Waals surface area contributed by atoms with Crippen molar-refractivity contribution in [1.82, 2.24) is 19.7 Å². The van der Waals surface area contributed by atoms with E-state index in [0.29, 0.717) is 17.7 Å². The van der Waals surface area contributed by atoms with E-state index >= 15 is 0 Å². The van der Waals surface area contributed by atoms with Gasteiger partial charge in [-0.2, -0.15) is 5.10 Å². The summed E-state index contributed by atoms with van der Waals surface area (Å²) in [5.41, 5.74) is -0.174. The molecule has 2 fully saturated rings. The number of nitrogens with one attached hydrogen (secondary N) is 1. The SMILES string of the molecule is O=C(CC1CCCC1)N1CCC(Cc2n[nH]c(=O)n2-c2cccs2)CC1. The van der Waals surface area contributed by atoms with E-state index in [4.69, 9.17) is 0 Å². The van der Waals surface area contributed by atoms with Crippen LogP contribution >= 0.6 is 11.3 Å². The van der Waals surface area contributed by atoms with Gasteiger partial charge in [0, 0.05) is 25.9 Å². The van der Waals surface area contributed by atoms with E-state index < -0.39 is 0 Å². The number of H-pyrrole nitrogens is 1. The Morgan fingerprint density at radius 3 is 2.65 bits per heavy atom. The smallest absolute Gasteiger partial charge is 0.343 e. The zero-order valence-corrected chi connectivity index (χ0v) is 15.8. The van der Waals surface area contributed by atoms with E-state index in [1.54, 1.807) is 15.9 Å². The maximum Gasteiger partial charge on any atom is 0.348 e. The number of aromatic nitrogens is 3. The predicted molar refractivity (Wildman–Crippen MR) is 102 cm³/mol. The molecular formula is C19H26N4O2S. The molecule has 26 heavy (non-hydrogen) atoms. The van der Waals surface area contributed by atoms with E-state index in [1.165, 1.54) is 25.7 Å². The van der Waals surface area contributed by atoms with E-state index in [0.717, 1.165) is 49.6 Å². The number of thiophene rings is 1. The van der Waals surface area contributed by atoms with E-state index in [1.807, 2.05) is 22.4 Å². The van der Waals surface area contributed by atoms with Crippen LogP contribution in [0.1, 0.15) is 50.8 Å². The first-order chi connectivity index (χ1) is 12.7. The number of hydrogen-bond acceptors (Lipinski definition) is 4. The van der Waals surface area contributed by atoms with Crippen molar-refractivity contribution in [2.24, 2.45) is 11.8 Å². The minimum atomic E-state index is -0.174. The zero-order valence-electron chi connectivity index (χ0n) is 15.0. The fraction of sp³-hybridized carbons (Fsp3) is 0.632. The molecule has 0 bridgehead atoms. The van der Waals surface area contributed by atoms with Gasteiger partial charge in [-0.25, -0.2) is 14.5 Å². The molecule has 3 heterocycles. The molecule has 0 atom stereocenters. The van der Waals surface area contributed by atoms with Crippen molar-refractivity contribution in [1.29, 1.82) is 0 Å². The van der Waals surface area contributed by atoms with Crippen LogP contribution in [-0.4, -0.2) is 38.7 Å². The Bertz CT molecular complexity index is 781. The summed E-state index contributed by atoms with van der Waals surface area (Å²) in [5.74, 6) is 2.22. The fourth-order valence-electron chi connectivity index (χ4n) is 4.33. The lowest BCUT2D eigenvalue weighted by Crippen LogP contribution is -2.39. The van der Waals surface area contributed by atoms with Crippen LogP contribution in [0.5, 0.6) is 0 Å². The largest absolute Gasteiger partial charge is 0.348 e. The Labute approximate surface area is 157 Å². The number of carbonyl (C=O) groups excluding carboxylic acids is 1. The number of likely N-dealkylation sites (tertiary alicyclic amines) is 1. The van der Waals surface area contributed by atoms with Gasteiger partial charge in [0.25, 0.3) is 0 Å². The molecule has 1 saturated heterocycles. The van der Waals surface area contributed by atoms with Gasteiger partial charge in [0.2, 0.25) is 5.91 Å². The number of carbonyl (C=O) groups is 1. The fourth-order valence-corrected chi connectivity index (χ4v) is 5.07. The van der Waals surface area contributed by atoms with Crippen molar-refractivity contribution in [2.75, 3.05) is 13.1 Å². The summed E-state index contributed by atoms with van der Waals surface area (Å²) in [6.45, 7) is 1.67. The van der Waals surface area contributed by atoms with Gasteiger partial charge in [-0.05, 0) is 55.0 Å². The number of aromatic amines is 1. The molecule has 4 rings (SSSR count). The second kappa shape index (κ2) is 7.78. The van der Waals surface area contributed by atoms with Crippen LogP contribution in [0, 0.1) is 11.8 Å². The second-order valence-corrected chi connectivity index (χ2v) is 8.54. The summed E-state index contributed by atoms with van der Waals surface area (Å²) >= 11 is 1.54. The van der Waals surface area contributed by atoms with E-state index in [2.05, 4.69) is 10.2 Å². The maximum atomic E-state index is 12.5. The van der Waals surface area contributed by atoms with Crippen LogP contribution in [0.2, 0.25) is 0 Å². The highest BCUT2D eigenvalue weighted by atomic mass is 32.1. The molecule has 6 nitrogen and oxygen atoms in total. The Hall–Kier alpha value is -1.89. The first kappa shape index (κ1) is 17.5. The van der Waals surface area contributed by atoms with Gasteiger partial charge in [0.15, 0.2) is 0 Å². The van der Waals surface area contributed by atoms with Crippen molar-refractivity contribution >= 4 is 17.2 Å². The highest BCUT2D eigenvalue weighted by Gasteiger charge is 2.27. The standard InChI is InChI=1S/C19H26N4O2S/c24-17(13-14-4-1-2-5-14)22-9-7-15(8-10-22)12-16-20-21-19(25)23(16)18-6-3-11-26-18/h3,6,11,14-15H,1-2,4-5,7-10,12-13H2,(H,21,25). The molecule has 1 aliphatic carbocycles. The molecule has 0 unspecified atom stereocenters. The summed E-state index contributed by atoms with van der Waals surface area (Å²) in [4.78, 5) is 26.6. The van der Waals surface area contributed by atoms with Gasteiger partial charge in [0.05, 0.1) is 0 Å². The molecular weight excluding hydrogens is 348 g/mol. The minimum absolute atomic E-state index is 0.174. The molecule has 0 aromatic carbocycles. The number of amides is 1. The Kier molecular flexibility index (Phi) is 5.24. The number of piperidine rings is 1. The minimum Gasteiger partial charge on any atom is -0.343 e. The molecule has 0 spiro atoms. The lowest BCUT2D eigenvalue weighted by molar-refractivity contribution is -0.133. The van der Waals surface area contributed by atoms with E-state index in [-0.39, 0.29) is 5.69 Å². The topological polar surface area (TPSA) is 71.0 Å². The lowest BCUT2D eigenvalue weighted by Gasteiger charge is -2.32. The highest BCUT2D eigenvalue weighted by molar-refractivity contribution is 7.12. The van der Waals surface area contributed by atoms with Crippen LogP contribution in [0.25, 0.3) is 5.00 Å². The number of rotatable bonds is 5. The predicted octanol–water partition coefficient (Wildman–Crippen LogP) is 2.98. The number of nitrogens with zero attached hydrogens (tertiary/aromatic N) is 3. The molecule has 0 radical (unpaired) electrons. The molecule has 1 amide bonds. The molecule has 1 aliphatic heterocycles. The Morgan fingerprint density at radius 1 is 1.19 bits per heavy atom. The van der Waals surface area contributed by atoms with Gasteiger partial charge in [-0.1, -0.05) is 12.8 Å². The first-order valence-corrected chi connectivity index (χ1v) is 10.6. The average Bonchev–Trinajstić information content (AvgIpc) is 3.38. The van der Waals surface area contributed by atoms with Crippen LogP contribution in [0.3, 0.4) is 0 Å². The summed E-state index contributed by atoms with van der Waals surface area (Å²) in [6, 6.07) is 3.88. The molecule has 7 heteroatoms. The Morgan fingerprint density at radius 2 is 1.96 bits per heavy atom. The van der Waals surface area contributed by atoms with Gasteiger partial charge in [0.1, 0.15) is 10.8 Å². The van der Waals surface area contributed by atoms with Crippen molar-refractivity contribution in [3.8, 4) is 5.00 Å². The number of hydrogen-bond donors (Lipinski definition) is 1. The van der Waals surface area contributed by atoms with Gasteiger partial charge < -0.3 is 4.90 Å². The van der Waals surface area contributed by atoms with Crippen molar-refractivity contribution < 1.29 is 4.79 Å². The summed E-state index contributed by atoms with van der Waals surface area (Å²) in [7, 11) is 0. The van der Waals surface area contributed by atoms with Crippen molar-refractivity contribution in [2.45, 2.75) is 51.4 Å². The van der Waals surface area contributed by atoms with Gasteiger partial charge in [-0.3, -0.25) is 4.79 Å². The van der Waals surface area contributed by atoms with E-state index in [9.17, 15) is 9.59 Å². The third kappa shape index (κ3) is 3.77. The second-order valence-electron chi connectivity index (χ2n) is 7.61. The summed E-state index contributed by atoms with van der Waals surface area (Å²) in [5, 5.41) is 9.69. The molecule has 2 aliphatic rings. The Balaban J connectivity index is 1.33. The van der Waals surface area contributed by atoms with Gasteiger partial charge >= 0.3 is 5.69 Å². The van der Waals surface area contributed by atoms with Crippen LogP contribution < -0.4 is 5.69 Å². The summed E-state index contributed by atoms with van der Waals surface area (Å²) in [6.07, 6.45) is 8.52. The van der Waals surface area contributed by atoms with Crippen molar-refractivity contribution in [3.05, 3.63) is 33.8 Å². The zero-order chi connectivity index (χ0) is 17.9. The van der Waals surface area contributed by atoms with Gasteiger partial charge in [-0.15, -0.1) is 11.3 Å². The monoisotopic (exact) mass is 374 g/mol. The molecule has 1 N–H and O–H groups in total. The van der Waals surface area contributed by atoms with Crippen LogP contribution in [0.15, 0.2) is 22.3 Å². The lowest BCUT2D eigenvalue weighted by atomic mass is 9.92. The molecule has 1 saturated carbocycles. The first-order valence-electron chi connectivity index (χ1n) is 9.68. The summed E-state index contributed by atoms with van der Waals surface area (Å²) < 4.78 is 1.68. The highest BCUT2D eigenvalue weighted by Crippen LogP contribution is 2.29. The van der Waals surface area contributed by atoms with Crippen LogP contribution in [-0.2, 0) is 11.2 Å². The molecule has 140 valence electrons. The third-order valence-corrected chi connectivity index (χ3v) is 6.70.